The van der Waals surface area contributed by atoms with Crippen molar-refractivity contribution in [3.63, 3.8) is 0 Å². The zero-order valence-electron chi connectivity index (χ0n) is 17.4. The van der Waals surface area contributed by atoms with Gasteiger partial charge in [0.1, 0.15) is 0 Å². The lowest BCUT2D eigenvalue weighted by Gasteiger charge is -2.12. The highest BCUT2D eigenvalue weighted by Crippen LogP contribution is 2.18. The summed E-state index contributed by atoms with van der Waals surface area (Å²) >= 11 is 0. The first-order chi connectivity index (χ1) is 14.6. The smallest absolute Gasteiger partial charge is 0.306 e. The molecule has 0 bridgehead atoms. The van der Waals surface area contributed by atoms with E-state index in [-0.39, 0.29) is 16.3 Å². The predicted molar refractivity (Wildman–Crippen MR) is 117 cm³/mol. The number of hydrogen-bond acceptors (Lipinski definition) is 6. The molecule has 0 aliphatic carbocycles. The van der Waals surface area contributed by atoms with Crippen LogP contribution in [0.15, 0.2) is 58.6 Å². The van der Waals surface area contributed by atoms with Crippen LogP contribution >= 0.6 is 0 Å². The molecule has 0 amide bonds. The number of nitrogens with zero attached hydrogens (tertiary/aromatic N) is 1. The van der Waals surface area contributed by atoms with Crippen LogP contribution in [-0.4, -0.2) is 45.7 Å². The van der Waals surface area contributed by atoms with E-state index in [0.29, 0.717) is 25.7 Å². The van der Waals surface area contributed by atoms with E-state index in [1.54, 1.807) is 12.4 Å². The molecule has 1 heterocycles. The number of nitrogens with one attached hydrogen (secondary N) is 1. The van der Waals surface area contributed by atoms with Gasteiger partial charge in [0.05, 0.1) is 15.7 Å². The molecule has 2 rings (SSSR count). The fourth-order valence-electron chi connectivity index (χ4n) is 3.16. The Bertz CT molecular complexity index is 1050. The highest BCUT2D eigenvalue weighted by atomic mass is 32.2. The number of unbranched alkanes of at least 4 members (excludes halogenated alkanes) is 1. The van der Waals surface area contributed by atoms with Crippen molar-refractivity contribution in [2.75, 3.05) is 12.8 Å². The SMILES string of the molecule is CS(=O)(=O)c1ccc(S(=O)(=O)NCCCCC(CCCc2cccnc2)C(=O)O)cc1. The van der Waals surface area contributed by atoms with Gasteiger partial charge >= 0.3 is 5.97 Å². The Morgan fingerprint density at radius 3 is 2.23 bits per heavy atom. The van der Waals surface area contributed by atoms with Gasteiger partial charge in [-0.25, -0.2) is 21.6 Å². The fourth-order valence-corrected chi connectivity index (χ4v) is 4.87. The van der Waals surface area contributed by atoms with Crippen molar-refractivity contribution in [2.24, 2.45) is 5.92 Å². The lowest BCUT2D eigenvalue weighted by Crippen LogP contribution is -2.25. The summed E-state index contributed by atoms with van der Waals surface area (Å²) in [6, 6.07) is 8.83. The van der Waals surface area contributed by atoms with E-state index in [1.165, 1.54) is 24.3 Å². The van der Waals surface area contributed by atoms with Gasteiger partial charge in [-0.05, 0) is 68.0 Å². The summed E-state index contributed by atoms with van der Waals surface area (Å²) in [5.74, 6) is -1.30. The lowest BCUT2D eigenvalue weighted by atomic mass is 9.95. The zero-order valence-corrected chi connectivity index (χ0v) is 19.0. The number of aryl methyl sites for hydroxylation is 1. The normalized spacial score (nSPS) is 13.1. The Morgan fingerprint density at radius 1 is 1.00 bits per heavy atom. The van der Waals surface area contributed by atoms with Crippen LogP contribution in [-0.2, 0) is 31.1 Å². The van der Waals surface area contributed by atoms with E-state index in [9.17, 15) is 26.7 Å². The van der Waals surface area contributed by atoms with E-state index >= 15 is 0 Å². The maximum Gasteiger partial charge on any atom is 0.306 e. The number of hydrogen-bond donors (Lipinski definition) is 2. The molecule has 10 heteroatoms. The van der Waals surface area contributed by atoms with Gasteiger partial charge in [0.25, 0.3) is 0 Å². The quantitative estimate of drug-likeness (QED) is 0.432. The number of carboxylic acids is 1. The second-order valence-corrected chi connectivity index (χ2v) is 11.2. The first-order valence-corrected chi connectivity index (χ1v) is 13.4. The summed E-state index contributed by atoms with van der Waals surface area (Å²) in [5, 5.41) is 9.42. The van der Waals surface area contributed by atoms with Gasteiger partial charge in [-0.15, -0.1) is 0 Å². The number of benzene rings is 1. The third kappa shape index (κ3) is 8.39. The van der Waals surface area contributed by atoms with Crippen molar-refractivity contribution in [3.8, 4) is 0 Å². The van der Waals surface area contributed by atoms with Crippen molar-refractivity contribution in [3.05, 3.63) is 54.4 Å². The lowest BCUT2D eigenvalue weighted by molar-refractivity contribution is -0.142. The second-order valence-electron chi connectivity index (χ2n) is 7.43. The number of carbonyl (C=O) groups is 1. The molecule has 1 aromatic heterocycles. The van der Waals surface area contributed by atoms with Gasteiger partial charge in [-0.3, -0.25) is 9.78 Å². The predicted octanol–water partition coefficient (Wildman–Crippen LogP) is 2.66. The molecular weight excluding hydrogens is 440 g/mol. The molecule has 1 aromatic carbocycles. The summed E-state index contributed by atoms with van der Waals surface area (Å²) < 4.78 is 50.0. The van der Waals surface area contributed by atoms with Gasteiger partial charge < -0.3 is 5.11 Å². The number of aromatic nitrogens is 1. The van der Waals surface area contributed by atoms with E-state index in [1.807, 2.05) is 12.1 Å². The van der Waals surface area contributed by atoms with Crippen molar-refractivity contribution < 1.29 is 26.7 Å². The molecule has 1 unspecified atom stereocenters. The number of sulfone groups is 1. The van der Waals surface area contributed by atoms with Crippen molar-refractivity contribution in [1.29, 1.82) is 0 Å². The molecule has 1 atom stereocenters. The maximum atomic E-state index is 12.3. The molecule has 2 aromatic rings. The summed E-state index contributed by atoms with van der Waals surface area (Å²) in [6.07, 6.45) is 8.17. The topological polar surface area (TPSA) is 130 Å². The standard InChI is InChI=1S/C21H28N2O6S2/c1-30(26,27)19-10-12-20(13-11-19)31(28,29)23-15-3-2-8-18(21(24)25)9-4-6-17-7-5-14-22-16-17/h5,7,10-14,16,18,23H,2-4,6,8-9,15H2,1H3,(H,24,25). The third-order valence-corrected chi connectivity index (χ3v) is 7.53. The summed E-state index contributed by atoms with van der Waals surface area (Å²) in [6.45, 7) is 0.179. The minimum atomic E-state index is -3.75. The summed E-state index contributed by atoms with van der Waals surface area (Å²) in [4.78, 5) is 15.6. The van der Waals surface area contributed by atoms with Crippen LogP contribution < -0.4 is 4.72 Å². The van der Waals surface area contributed by atoms with Gasteiger partial charge in [0, 0.05) is 25.2 Å². The largest absolute Gasteiger partial charge is 0.481 e. The number of sulfonamides is 1. The van der Waals surface area contributed by atoms with Gasteiger partial charge in [-0.2, -0.15) is 0 Å². The number of rotatable bonds is 13. The van der Waals surface area contributed by atoms with Crippen molar-refractivity contribution in [2.45, 2.75) is 48.3 Å². The van der Waals surface area contributed by atoms with Crippen LogP contribution in [0.25, 0.3) is 0 Å². The van der Waals surface area contributed by atoms with E-state index < -0.39 is 31.7 Å². The molecule has 0 aliphatic heterocycles. The highest BCUT2D eigenvalue weighted by molar-refractivity contribution is 7.90. The Morgan fingerprint density at radius 2 is 1.65 bits per heavy atom. The molecule has 0 saturated heterocycles. The molecule has 0 radical (unpaired) electrons. The minimum Gasteiger partial charge on any atom is -0.481 e. The number of carboxylic acid groups (broad SMARTS) is 1. The Kier molecular flexibility index (Phi) is 9.15. The molecule has 0 aliphatic rings. The Hall–Kier alpha value is -2.30. The second kappa shape index (κ2) is 11.4. The maximum absolute atomic E-state index is 12.3. The molecule has 0 saturated carbocycles. The van der Waals surface area contributed by atoms with Crippen LogP contribution in [0, 0.1) is 5.92 Å². The van der Waals surface area contributed by atoms with Gasteiger partial charge in [0.15, 0.2) is 9.84 Å². The van der Waals surface area contributed by atoms with E-state index in [0.717, 1.165) is 24.7 Å². The molecule has 2 N–H and O–H groups in total. The number of aliphatic carboxylic acids is 1. The van der Waals surface area contributed by atoms with Crippen LogP contribution in [0.5, 0.6) is 0 Å². The average Bonchev–Trinajstić information content (AvgIpc) is 2.72. The van der Waals surface area contributed by atoms with Crippen LogP contribution in [0.4, 0.5) is 0 Å². The third-order valence-electron chi connectivity index (χ3n) is 4.92. The van der Waals surface area contributed by atoms with Gasteiger partial charge in [-0.1, -0.05) is 12.5 Å². The van der Waals surface area contributed by atoms with Crippen molar-refractivity contribution >= 4 is 25.8 Å². The van der Waals surface area contributed by atoms with Gasteiger partial charge in [0.2, 0.25) is 10.0 Å². The molecule has 8 nitrogen and oxygen atoms in total. The van der Waals surface area contributed by atoms with Crippen LogP contribution in [0.1, 0.15) is 37.7 Å². The Balaban J connectivity index is 1.75. The first-order valence-electron chi connectivity index (χ1n) is 10.0. The summed E-state index contributed by atoms with van der Waals surface area (Å²) in [7, 11) is -7.15. The molecular formula is C21H28N2O6S2. The molecule has 0 spiro atoms. The average molecular weight is 469 g/mol. The molecule has 170 valence electrons. The fraction of sp³-hybridized carbons (Fsp3) is 0.429. The molecule has 0 fully saturated rings. The zero-order chi connectivity index (χ0) is 22.9. The monoisotopic (exact) mass is 468 g/mol. The first kappa shape index (κ1) is 25.0. The highest BCUT2D eigenvalue weighted by Gasteiger charge is 2.18. The van der Waals surface area contributed by atoms with E-state index in [2.05, 4.69) is 9.71 Å². The molecule has 31 heavy (non-hydrogen) atoms. The Labute approximate surface area is 183 Å². The van der Waals surface area contributed by atoms with E-state index in [4.69, 9.17) is 0 Å². The minimum absolute atomic E-state index is 0.0151. The number of pyridine rings is 1. The van der Waals surface area contributed by atoms with Crippen LogP contribution in [0.2, 0.25) is 0 Å². The van der Waals surface area contributed by atoms with Crippen LogP contribution in [0.3, 0.4) is 0 Å². The van der Waals surface area contributed by atoms with Crippen molar-refractivity contribution in [1.82, 2.24) is 9.71 Å². The summed E-state index contributed by atoms with van der Waals surface area (Å²) in [5.41, 5.74) is 1.07.